The molecule has 0 N–H and O–H groups in total. The van der Waals surface area contributed by atoms with E-state index in [0.29, 0.717) is 10.3 Å². The lowest BCUT2D eigenvalue weighted by Crippen LogP contribution is -2.48. The molecule has 0 bridgehead atoms. The highest BCUT2D eigenvalue weighted by molar-refractivity contribution is 7.86. The molecule has 2 aromatic rings. The lowest BCUT2D eigenvalue weighted by atomic mass is 10.1. The molecule has 0 aliphatic carbocycles. The molecule has 106 valence electrons. The predicted octanol–water partition coefficient (Wildman–Crippen LogP) is 5.59. The van der Waals surface area contributed by atoms with E-state index in [2.05, 4.69) is 77.9 Å². The van der Waals surface area contributed by atoms with Gasteiger partial charge in [0.1, 0.15) is 5.30 Å². The second kappa shape index (κ2) is 4.08. The molecule has 1 heteroatoms. The molecule has 0 saturated heterocycles. The fourth-order valence-corrected chi connectivity index (χ4v) is 10.4. The molecule has 0 nitrogen and oxygen atoms in total. The maximum Gasteiger partial charge on any atom is 0.103 e. The average Bonchev–Trinajstić information content (AvgIpc) is 2.25. The summed E-state index contributed by atoms with van der Waals surface area (Å²) in [5, 5.41) is 5.35. The van der Waals surface area contributed by atoms with E-state index >= 15 is 0 Å². The van der Waals surface area contributed by atoms with Crippen LogP contribution < -0.4 is 5.30 Å². The van der Waals surface area contributed by atoms with Gasteiger partial charge < -0.3 is 0 Å². The summed E-state index contributed by atoms with van der Waals surface area (Å²) in [4.78, 5) is 0. The van der Waals surface area contributed by atoms with Gasteiger partial charge in [0.25, 0.3) is 0 Å². The minimum Gasteiger partial charge on any atom is -0.0616 e. The lowest BCUT2D eigenvalue weighted by molar-refractivity contribution is 0.684. The number of hydrogen-bond acceptors (Lipinski definition) is 0. The van der Waals surface area contributed by atoms with Crippen molar-refractivity contribution < 1.29 is 0 Å². The highest BCUT2D eigenvalue weighted by Crippen LogP contribution is 2.82. The van der Waals surface area contributed by atoms with Crippen molar-refractivity contribution in [2.24, 2.45) is 0 Å². The first-order valence-electron chi connectivity index (χ1n) is 7.58. The maximum absolute atomic E-state index is 2.45. The third kappa shape index (κ3) is 1.64. The molecular weight excluding hydrogens is 259 g/mol. The molecule has 0 atom stereocenters. The Bertz CT molecular complexity index is 654. The number of hydrogen-bond donors (Lipinski definition) is 0. The van der Waals surface area contributed by atoms with Crippen LogP contribution in [0.3, 0.4) is 0 Å². The summed E-state index contributed by atoms with van der Waals surface area (Å²) < 4.78 is 0. The smallest absolute Gasteiger partial charge is 0.0616 e. The SMILES string of the molecule is CC(C)(C)[P+]1(C(C)(C)C)Cc2c1ccc1ccccc21. The second-order valence-corrected chi connectivity index (χ2v) is 13.2. The van der Waals surface area contributed by atoms with Crippen LogP contribution in [-0.4, -0.2) is 10.3 Å². The van der Waals surface area contributed by atoms with Gasteiger partial charge in [0, 0.05) is 5.56 Å². The van der Waals surface area contributed by atoms with Crippen molar-refractivity contribution in [3.63, 3.8) is 0 Å². The first kappa shape index (κ1) is 14.1. The molecule has 0 unspecified atom stereocenters. The van der Waals surface area contributed by atoms with Gasteiger partial charge >= 0.3 is 0 Å². The summed E-state index contributed by atoms with van der Waals surface area (Å²) in [7, 11) is -1.13. The molecule has 0 saturated carbocycles. The van der Waals surface area contributed by atoms with Gasteiger partial charge in [0.05, 0.1) is 23.7 Å². The highest BCUT2D eigenvalue weighted by Gasteiger charge is 2.65. The van der Waals surface area contributed by atoms with Crippen LogP contribution in [0.4, 0.5) is 0 Å². The third-order valence-corrected chi connectivity index (χ3v) is 11.7. The molecule has 0 aromatic heterocycles. The Balaban J connectivity index is 2.28. The maximum atomic E-state index is 2.45. The Kier molecular flexibility index (Phi) is 2.87. The summed E-state index contributed by atoms with van der Waals surface area (Å²) in [6.07, 6.45) is 1.32. The molecule has 0 amide bonds. The van der Waals surface area contributed by atoms with Gasteiger partial charge in [-0.15, -0.1) is 0 Å². The Morgan fingerprint density at radius 3 is 2.00 bits per heavy atom. The van der Waals surface area contributed by atoms with Crippen LogP contribution >= 0.6 is 7.26 Å². The van der Waals surface area contributed by atoms with Crippen molar-refractivity contribution >= 4 is 23.3 Å². The molecule has 20 heavy (non-hydrogen) atoms. The molecule has 2 aromatic carbocycles. The number of benzene rings is 2. The molecule has 1 aliphatic heterocycles. The summed E-state index contributed by atoms with van der Waals surface area (Å²) in [5.74, 6) is 0. The van der Waals surface area contributed by atoms with Gasteiger partial charge in [-0.25, -0.2) is 0 Å². The largest absolute Gasteiger partial charge is 0.103 e. The quantitative estimate of drug-likeness (QED) is 0.553. The fourth-order valence-electron chi connectivity index (χ4n) is 4.28. The molecule has 0 spiro atoms. The minimum atomic E-state index is -1.13. The topological polar surface area (TPSA) is 0 Å². The first-order valence-corrected chi connectivity index (χ1v) is 9.55. The summed E-state index contributed by atoms with van der Waals surface area (Å²) in [5.41, 5.74) is 1.63. The third-order valence-electron chi connectivity index (χ3n) is 5.11. The zero-order valence-electron chi connectivity index (χ0n) is 13.6. The Labute approximate surface area is 123 Å². The van der Waals surface area contributed by atoms with Crippen LogP contribution in [-0.2, 0) is 6.16 Å². The molecule has 3 rings (SSSR count). The van der Waals surface area contributed by atoms with Crippen LogP contribution in [0.2, 0.25) is 0 Å². The highest BCUT2D eigenvalue weighted by atomic mass is 31.2. The van der Waals surface area contributed by atoms with Crippen molar-refractivity contribution in [1.82, 2.24) is 0 Å². The monoisotopic (exact) mass is 285 g/mol. The second-order valence-electron chi connectivity index (χ2n) is 8.09. The van der Waals surface area contributed by atoms with Crippen molar-refractivity contribution in [1.29, 1.82) is 0 Å². The summed E-state index contributed by atoms with van der Waals surface area (Å²) >= 11 is 0. The number of fused-ring (bicyclic) bond motifs is 3. The zero-order chi connectivity index (χ0) is 14.8. The van der Waals surface area contributed by atoms with E-state index in [1.54, 1.807) is 10.9 Å². The summed E-state index contributed by atoms with van der Waals surface area (Å²) in [6.45, 7) is 14.7. The van der Waals surface area contributed by atoms with E-state index in [-0.39, 0.29) is 0 Å². The Morgan fingerprint density at radius 2 is 1.40 bits per heavy atom. The van der Waals surface area contributed by atoms with Crippen LogP contribution in [0, 0.1) is 0 Å². The van der Waals surface area contributed by atoms with E-state index in [9.17, 15) is 0 Å². The fraction of sp³-hybridized carbons (Fsp3) is 0.474. The van der Waals surface area contributed by atoms with E-state index in [1.165, 1.54) is 16.9 Å². The van der Waals surface area contributed by atoms with Gasteiger partial charge in [-0.2, -0.15) is 0 Å². The van der Waals surface area contributed by atoms with Crippen molar-refractivity contribution in [2.75, 3.05) is 0 Å². The minimum absolute atomic E-state index is 0.390. The van der Waals surface area contributed by atoms with Crippen molar-refractivity contribution in [3.05, 3.63) is 42.0 Å². The zero-order valence-corrected chi connectivity index (χ0v) is 14.5. The van der Waals surface area contributed by atoms with E-state index in [1.807, 2.05) is 0 Å². The standard InChI is InChI=1S/C19H26P/c1-18(2,3)20(19(4,5)6)13-16-15-10-8-7-9-14(15)11-12-17(16)20/h7-12H,13H2,1-6H3/q+1. The molecule has 1 aliphatic rings. The van der Waals surface area contributed by atoms with Gasteiger partial charge in [-0.05, 0) is 58.4 Å². The van der Waals surface area contributed by atoms with Crippen LogP contribution in [0.1, 0.15) is 47.1 Å². The Hall–Kier alpha value is -0.870. The van der Waals surface area contributed by atoms with E-state index < -0.39 is 7.26 Å². The molecular formula is C19H26P+. The number of rotatable bonds is 0. The van der Waals surface area contributed by atoms with Crippen molar-refractivity contribution in [3.8, 4) is 0 Å². The van der Waals surface area contributed by atoms with Crippen molar-refractivity contribution in [2.45, 2.75) is 58.0 Å². The van der Waals surface area contributed by atoms with Gasteiger partial charge in [-0.3, -0.25) is 0 Å². The van der Waals surface area contributed by atoms with E-state index in [0.717, 1.165) is 0 Å². The predicted molar refractivity (Wildman–Crippen MR) is 93.7 cm³/mol. The summed E-state index contributed by atoms with van der Waals surface area (Å²) in [6, 6.07) is 13.6. The van der Waals surface area contributed by atoms with Crippen LogP contribution in [0.5, 0.6) is 0 Å². The molecule has 1 heterocycles. The molecule has 0 fully saturated rings. The lowest BCUT2D eigenvalue weighted by Gasteiger charge is -2.53. The van der Waals surface area contributed by atoms with Gasteiger partial charge in [0.15, 0.2) is 0 Å². The van der Waals surface area contributed by atoms with Gasteiger partial charge in [0.2, 0.25) is 0 Å². The normalized spacial score (nSPS) is 17.7. The average molecular weight is 285 g/mol. The molecule has 0 radical (unpaired) electrons. The first-order chi connectivity index (χ1) is 9.18. The van der Waals surface area contributed by atoms with E-state index in [4.69, 9.17) is 0 Å². The Morgan fingerprint density at radius 1 is 0.800 bits per heavy atom. The van der Waals surface area contributed by atoms with Crippen LogP contribution in [0.25, 0.3) is 10.8 Å². The van der Waals surface area contributed by atoms with Crippen LogP contribution in [0.15, 0.2) is 36.4 Å². The van der Waals surface area contributed by atoms with Gasteiger partial charge in [-0.1, -0.05) is 30.3 Å².